The summed E-state index contributed by atoms with van der Waals surface area (Å²) in [5, 5.41) is 8.32. The van der Waals surface area contributed by atoms with E-state index >= 15 is 0 Å². The molecular weight excluding hydrogens is 308 g/mol. The summed E-state index contributed by atoms with van der Waals surface area (Å²) in [6.45, 7) is 6.99. The minimum absolute atomic E-state index is 0.216. The summed E-state index contributed by atoms with van der Waals surface area (Å²) in [7, 11) is 0. The van der Waals surface area contributed by atoms with Crippen LogP contribution in [0.25, 0.3) is 0 Å². The fourth-order valence-electron chi connectivity index (χ4n) is 2.41. The van der Waals surface area contributed by atoms with Crippen molar-refractivity contribution in [1.82, 2.24) is 0 Å². The lowest BCUT2D eigenvalue weighted by Gasteiger charge is -2.17. The predicted octanol–water partition coefficient (Wildman–Crippen LogP) is 6.11. The highest BCUT2D eigenvalue weighted by molar-refractivity contribution is 5.56. The van der Waals surface area contributed by atoms with Crippen LogP contribution < -0.4 is 0 Å². The zero-order valence-electron chi connectivity index (χ0n) is 16.0. The Morgan fingerprint density at radius 2 is 1.08 bits per heavy atom. The first-order valence-electron chi connectivity index (χ1n) is 9.58. The summed E-state index contributed by atoms with van der Waals surface area (Å²) < 4.78 is 4.47. The molecule has 144 valence electrons. The van der Waals surface area contributed by atoms with E-state index in [0.29, 0.717) is 13.2 Å². The number of hydrogen-bond acceptors (Lipinski definition) is 4. The van der Waals surface area contributed by atoms with Gasteiger partial charge in [-0.05, 0) is 33.6 Å². The average Bonchev–Trinajstić information content (AvgIpc) is 2.49. The Hall–Kier alpha value is -0.810. The molecule has 0 aliphatic heterocycles. The van der Waals surface area contributed by atoms with E-state index < -0.39 is 6.16 Å². The highest BCUT2D eigenvalue weighted by Gasteiger charge is 2.10. The third kappa shape index (κ3) is 21.2. The molecular formula is C19H38O5. The molecule has 0 aromatic heterocycles. The fraction of sp³-hybridized carbons (Fsp3) is 0.947. The number of carbonyl (C=O) groups is 1. The third-order valence-corrected chi connectivity index (χ3v) is 3.66. The van der Waals surface area contributed by atoms with Gasteiger partial charge >= 0.3 is 6.16 Å². The smallest absolute Gasteiger partial charge is 0.450 e. The average molecular weight is 347 g/mol. The quantitative estimate of drug-likeness (QED) is 0.158. The topological polar surface area (TPSA) is 65.0 Å². The number of rotatable bonds is 16. The van der Waals surface area contributed by atoms with E-state index in [4.69, 9.17) is 14.9 Å². The van der Waals surface area contributed by atoms with Gasteiger partial charge in [-0.2, -0.15) is 0 Å². The van der Waals surface area contributed by atoms with E-state index in [1.165, 1.54) is 57.8 Å². The van der Waals surface area contributed by atoms with Gasteiger partial charge in [-0.25, -0.2) is 14.6 Å². The number of hydrogen-bond donors (Lipinski definition) is 1. The Labute approximate surface area is 148 Å². The lowest BCUT2D eigenvalue weighted by atomic mass is 10.1. The van der Waals surface area contributed by atoms with Crippen molar-refractivity contribution in [3.05, 3.63) is 0 Å². The molecule has 0 saturated carbocycles. The maximum Gasteiger partial charge on any atom is 0.505 e. The molecule has 1 N–H and O–H groups in total. The summed E-state index contributed by atoms with van der Waals surface area (Å²) in [5.41, 5.74) is -0.216. The molecule has 0 radical (unpaired) electrons. The SMILES string of the molecule is CC(C)(C)OOCCCCCCCCCCCCCCOC(=O)O. The molecule has 24 heavy (non-hydrogen) atoms. The van der Waals surface area contributed by atoms with E-state index in [9.17, 15) is 4.79 Å². The molecule has 0 aliphatic rings. The van der Waals surface area contributed by atoms with Crippen LogP contribution in [0.15, 0.2) is 0 Å². The Morgan fingerprint density at radius 3 is 1.46 bits per heavy atom. The van der Waals surface area contributed by atoms with Gasteiger partial charge in [0.25, 0.3) is 0 Å². The van der Waals surface area contributed by atoms with Gasteiger partial charge in [0.15, 0.2) is 0 Å². The minimum Gasteiger partial charge on any atom is -0.450 e. The van der Waals surface area contributed by atoms with E-state index in [0.717, 1.165) is 19.3 Å². The van der Waals surface area contributed by atoms with Crippen molar-refractivity contribution in [1.29, 1.82) is 0 Å². The van der Waals surface area contributed by atoms with Gasteiger partial charge in [0.05, 0.1) is 18.8 Å². The summed E-state index contributed by atoms with van der Waals surface area (Å²) in [5.74, 6) is 0. The Bertz CT molecular complexity index is 286. The number of carboxylic acid groups (broad SMARTS) is 1. The molecule has 5 nitrogen and oxygen atoms in total. The van der Waals surface area contributed by atoms with Crippen LogP contribution >= 0.6 is 0 Å². The predicted molar refractivity (Wildman–Crippen MR) is 96.2 cm³/mol. The maximum atomic E-state index is 10.1. The molecule has 0 heterocycles. The molecule has 0 aromatic carbocycles. The number of ether oxygens (including phenoxy) is 1. The van der Waals surface area contributed by atoms with E-state index in [1.807, 2.05) is 20.8 Å². The molecule has 0 atom stereocenters. The second-order valence-electron chi connectivity index (χ2n) is 7.37. The molecule has 0 saturated heterocycles. The Morgan fingerprint density at radius 1 is 0.708 bits per heavy atom. The van der Waals surface area contributed by atoms with Crippen LogP contribution in [0.5, 0.6) is 0 Å². The van der Waals surface area contributed by atoms with Crippen LogP contribution in [0.2, 0.25) is 0 Å². The lowest BCUT2D eigenvalue weighted by Crippen LogP contribution is -2.19. The highest BCUT2D eigenvalue weighted by atomic mass is 17.2. The van der Waals surface area contributed by atoms with Gasteiger partial charge in [-0.1, -0.05) is 64.2 Å². The number of unbranched alkanes of at least 4 members (excludes halogenated alkanes) is 11. The molecule has 0 amide bonds. The van der Waals surface area contributed by atoms with E-state index in [1.54, 1.807) is 0 Å². The van der Waals surface area contributed by atoms with Gasteiger partial charge in [-0.15, -0.1) is 0 Å². The van der Waals surface area contributed by atoms with Crippen molar-refractivity contribution in [3.8, 4) is 0 Å². The van der Waals surface area contributed by atoms with Crippen molar-refractivity contribution < 1.29 is 24.4 Å². The first-order valence-corrected chi connectivity index (χ1v) is 9.58. The van der Waals surface area contributed by atoms with Crippen LogP contribution in [-0.4, -0.2) is 30.1 Å². The van der Waals surface area contributed by atoms with Gasteiger partial charge in [0.2, 0.25) is 0 Å². The highest BCUT2D eigenvalue weighted by Crippen LogP contribution is 2.12. The molecule has 0 aliphatic carbocycles. The monoisotopic (exact) mass is 346 g/mol. The molecule has 0 spiro atoms. The van der Waals surface area contributed by atoms with Gasteiger partial charge < -0.3 is 9.84 Å². The largest absolute Gasteiger partial charge is 0.505 e. The minimum atomic E-state index is -1.17. The summed E-state index contributed by atoms with van der Waals surface area (Å²) in [6.07, 6.45) is 13.3. The Balaban J connectivity index is 3.04. The van der Waals surface area contributed by atoms with Crippen molar-refractivity contribution in [2.75, 3.05) is 13.2 Å². The first-order chi connectivity index (χ1) is 11.4. The second kappa shape index (κ2) is 15.7. The van der Waals surface area contributed by atoms with Gasteiger partial charge in [-0.3, -0.25) is 0 Å². The van der Waals surface area contributed by atoms with Gasteiger partial charge in [0.1, 0.15) is 0 Å². The summed E-state index contributed by atoms with van der Waals surface area (Å²) in [4.78, 5) is 20.5. The zero-order valence-corrected chi connectivity index (χ0v) is 16.0. The second-order valence-corrected chi connectivity index (χ2v) is 7.37. The molecule has 0 fully saturated rings. The Kier molecular flexibility index (Phi) is 15.2. The molecule has 5 heteroatoms. The summed E-state index contributed by atoms with van der Waals surface area (Å²) in [6, 6.07) is 0. The van der Waals surface area contributed by atoms with Crippen LogP contribution in [0.3, 0.4) is 0 Å². The van der Waals surface area contributed by atoms with E-state index in [2.05, 4.69) is 4.74 Å². The van der Waals surface area contributed by atoms with Crippen LogP contribution in [0.1, 0.15) is 97.8 Å². The lowest BCUT2D eigenvalue weighted by molar-refractivity contribution is -0.348. The maximum absolute atomic E-state index is 10.1. The van der Waals surface area contributed by atoms with Crippen LogP contribution in [0.4, 0.5) is 4.79 Å². The standard InChI is InChI=1S/C19H38O5/c1-19(2,3)24-23-17-15-13-11-9-7-5-4-6-8-10-12-14-16-22-18(20)21/h4-17H2,1-3H3,(H,20,21). The molecule has 0 aromatic rings. The molecule has 0 bridgehead atoms. The van der Waals surface area contributed by atoms with Crippen LogP contribution in [-0.2, 0) is 14.5 Å². The van der Waals surface area contributed by atoms with Crippen molar-refractivity contribution in [2.24, 2.45) is 0 Å². The van der Waals surface area contributed by atoms with Crippen molar-refractivity contribution in [2.45, 2.75) is 103 Å². The molecule has 0 rings (SSSR count). The third-order valence-electron chi connectivity index (χ3n) is 3.66. The fourth-order valence-corrected chi connectivity index (χ4v) is 2.41. The summed E-state index contributed by atoms with van der Waals surface area (Å²) >= 11 is 0. The van der Waals surface area contributed by atoms with Crippen molar-refractivity contribution >= 4 is 6.16 Å². The van der Waals surface area contributed by atoms with Crippen molar-refractivity contribution in [3.63, 3.8) is 0 Å². The normalized spacial score (nSPS) is 11.6. The van der Waals surface area contributed by atoms with Crippen LogP contribution in [0, 0.1) is 0 Å². The zero-order chi connectivity index (χ0) is 18.1. The first kappa shape index (κ1) is 23.2. The van der Waals surface area contributed by atoms with E-state index in [-0.39, 0.29) is 5.60 Å². The molecule has 0 unspecified atom stereocenters. The van der Waals surface area contributed by atoms with Gasteiger partial charge in [0, 0.05) is 0 Å².